The number of nitrogens with one attached hydrogen (secondary N) is 2. The molecule has 0 fully saturated rings. The maximum atomic E-state index is 11.9. The molecule has 0 bridgehead atoms. The second-order valence-electron chi connectivity index (χ2n) is 5.56. The molecule has 1 amide bonds. The van der Waals surface area contributed by atoms with Gasteiger partial charge in [-0.15, -0.1) is 12.3 Å². The maximum Gasteiger partial charge on any atom is 0.220 e. The lowest BCUT2D eigenvalue weighted by atomic mass is 10.0. The number of amides is 1. The fraction of sp³-hybridized carbons (Fsp3) is 0.353. The van der Waals surface area contributed by atoms with Crippen molar-refractivity contribution in [2.24, 2.45) is 10.2 Å². The van der Waals surface area contributed by atoms with Crippen molar-refractivity contribution in [3.63, 3.8) is 0 Å². The molecule has 1 aliphatic heterocycles. The first-order chi connectivity index (χ1) is 10.7. The number of aromatic amines is 1. The number of fused-ring (bicyclic) bond motifs is 1. The van der Waals surface area contributed by atoms with Gasteiger partial charge < -0.3 is 10.3 Å². The molecule has 1 aliphatic rings. The van der Waals surface area contributed by atoms with E-state index < -0.39 is 0 Å². The summed E-state index contributed by atoms with van der Waals surface area (Å²) in [5.74, 6) is 2.61. The number of rotatable bonds is 7. The Hall–Kier alpha value is -2.61. The summed E-state index contributed by atoms with van der Waals surface area (Å²) in [6.07, 6.45) is 9.59. The van der Waals surface area contributed by atoms with Gasteiger partial charge in [-0.05, 0) is 29.1 Å². The first kappa shape index (κ1) is 14.3. The highest BCUT2D eigenvalue weighted by molar-refractivity contribution is 5.80. The van der Waals surface area contributed by atoms with Crippen molar-refractivity contribution < 1.29 is 4.79 Å². The number of carbonyl (C=O) groups is 1. The Bertz CT molecular complexity index is 747. The molecule has 2 heterocycles. The Morgan fingerprint density at radius 3 is 2.95 bits per heavy atom. The summed E-state index contributed by atoms with van der Waals surface area (Å²) >= 11 is 0. The van der Waals surface area contributed by atoms with Gasteiger partial charge in [0.15, 0.2) is 5.66 Å². The van der Waals surface area contributed by atoms with Crippen molar-refractivity contribution in [2.45, 2.75) is 37.9 Å². The topological polar surface area (TPSA) is 69.6 Å². The van der Waals surface area contributed by atoms with E-state index in [0.29, 0.717) is 25.8 Å². The third-order valence-electron chi connectivity index (χ3n) is 3.91. The van der Waals surface area contributed by atoms with Gasteiger partial charge in [0.25, 0.3) is 0 Å². The van der Waals surface area contributed by atoms with Crippen LogP contribution in [0.3, 0.4) is 0 Å². The first-order valence-corrected chi connectivity index (χ1v) is 7.41. The van der Waals surface area contributed by atoms with Crippen molar-refractivity contribution in [2.75, 3.05) is 0 Å². The summed E-state index contributed by atoms with van der Waals surface area (Å²) in [6.45, 7) is 0.533. The van der Waals surface area contributed by atoms with Gasteiger partial charge in [-0.3, -0.25) is 4.79 Å². The summed E-state index contributed by atoms with van der Waals surface area (Å²) in [7, 11) is 0. The van der Waals surface area contributed by atoms with E-state index in [0.717, 1.165) is 22.9 Å². The molecule has 1 aromatic carbocycles. The minimum Gasteiger partial charge on any atom is -0.361 e. The number of hydrogen-bond donors (Lipinski definition) is 2. The average Bonchev–Trinajstić information content (AvgIpc) is 3.16. The molecular formula is C17H18N4O. The molecule has 5 heteroatoms. The molecule has 3 rings (SSSR count). The molecule has 0 spiro atoms. The number of nitrogens with zero attached hydrogens (tertiary/aromatic N) is 2. The lowest BCUT2D eigenvalue weighted by Crippen LogP contribution is -2.24. The Kier molecular flexibility index (Phi) is 3.92. The summed E-state index contributed by atoms with van der Waals surface area (Å²) in [6, 6.07) is 8.13. The molecule has 112 valence electrons. The Labute approximate surface area is 129 Å². The highest BCUT2D eigenvalue weighted by atomic mass is 16.1. The average molecular weight is 294 g/mol. The third-order valence-corrected chi connectivity index (χ3v) is 3.91. The molecule has 0 unspecified atom stereocenters. The van der Waals surface area contributed by atoms with Crippen LogP contribution in [0.1, 0.15) is 31.2 Å². The summed E-state index contributed by atoms with van der Waals surface area (Å²) in [5, 5.41) is 12.2. The van der Waals surface area contributed by atoms with Crippen molar-refractivity contribution >= 4 is 16.8 Å². The predicted molar refractivity (Wildman–Crippen MR) is 85.0 cm³/mol. The van der Waals surface area contributed by atoms with Gasteiger partial charge in [0.1, 0.15) is 0 Å². The van der Waals surface area contributed by atoms with E-state index in [9.17, 15) is 4.79 Å². The fourth-order valence-corrected chi connectivity index (χ4v) is 2.48. The minimum atomic E-state index is -0.381. The van der Waals surface area contributed by atoms with Crippen molar-refractivity contribution in [1.29, 1.82) is 0 Å². The lowest BCUT2D eigenvalue weighted by molar-refractivity contribution is -0.121. The number of hydrogen-bond acceptors (Lipinski definition) is 3. The fourth-order valence-electron chi connectivity index (χ4n) is 2.48. The Morgan fingerprint density at radius 2 is 2.18 bits per heavy atom. The summed E-state index contributed by atoms with van der Waals surface area (Å²) < 4.78 is 0. The quantitative estimate of drug-likeness (QED) is 0.757. The van der Waals surface area contributed by atoms with Crippen LogP contribution < -0.4 is 5.32 Å². The minimum absolute atomic E-state index is 0.0200. The third kappa shape index (κ3) is 3.34. The van der Waals surface area contributed by atoms with E-state index in [4.69, 9.17) is 6.42 Å². The normalized spacial score (nSPS) is 14.7. The zero-order valence-electron chi connectivity index (χ0n) is 12.3. The number of carbonyl (C=O) groups excluding carboxylic acids is 1. The zero-order chi connectivity index (χ0) is 15.4. The molecule has 1 aromatic heterocycles. The van der Waals surface area contributed by atoms with Crippen LogP contribution in [0, 0.1) is 12.3 Å². The Morgan fingerprint density at radius 1 is 1.32 bits per heavy atom. The molecule has 0 saturated carbocycles. The van der Waals surface area contributed by atoms with Crippen molar-refractivity contribution in [3.05, 3.63) is 36.0 Å². The van der Waals surface area contributed by atoms with Crippen LogP contribution in [0.4, 0.5) is 0 Å². The van der Waals surface area contributed by atoms with E-state index >= 15 is 0 Å². The second kappa shape index (κ2) is 6.02. The summed E-state index contributed by atoms with van der Waals surface area (Å²) in [4.78, 5) is 15.1. The van der Waals surface area contributed by atoms with Crippen LogP contribution in [0.15, 0.2) is 40.7 Å². The SMILES string of the molecule is C#CCCC1(CCC(=O)NCc2ccc3[nH]ccc3c2)N=N1. The molecule has 5 nitrogen and oxygen atoms in total. The maximum absolute atomic E-state index is 11.9. The number of terminal acetylenes is 1. The van der Waals surface area contributed by atoms with Crippen molar-refractivity contribution in [3.8, 4) is 12.3 Å². The van der Waals surface area contributed by atoms with Crippen LogP contribution in [0.5, 0.6) is 0 Å². The van der Waals surface area contributed by atoms with Gasteiger partial charge in [-0.1, -0.05) is 6.07 Å². The molecule has 22 heavy (non-hydrogen) atoms. The number of H-pyrrole nitrogens is 1. The van der Waals surface area contributed by atoms with E-state index in [1.807, 2.05) is 24.4 Å². The van der Waals surface area contributed by atoms with Crippen LogP contribution in [0.25, 0.3) is 10.9 Å². The molecule has 2 N–H and O–H groups in total. The largest absolute Gasteiger partial charge is 0.361 e. The molecule has 0 radical (unpaired) electrons. The molecule has 0 aliphatic carbocycles. The van der Waals surface area contributed by atoms with E-state index in [-0.39, 0.29) is 11.6 Å². The van der Waals surface area contributed by atoms with Gasteiger partial charge in [0, 0.05) is 43.9 Å². The Balaban J connectivity index is 1.45. The highest BCUT2D eigenvalue weighted by Crippen LogP contribution is 2.37. The van der Waals surface area contributed by atoms with Crippen molar-refractivity contribution in [1.82, 2.24) is 10.3 Å². The molecule has 0 atom stereocenters. The number of aromatic nitrogens is 1. The van der Waals surface area contributed by atoms with E-state index in [1.54, 1.807) is 0 Å². The molecule has 0 saturated heterocycles. The van der Waals surface area contributed by atoms with E-state index in [1.165, 1.54) is 0 Å². The van der Waals surface area contributed by atoms with Crippen LogP contribution >= 0.6 is 0 Å². The van der Waals surface area contributed by atoms with E-state index in [2.05, 4.69) is 32.5 Å². The van der Waals surface area contributed by atoms with Crippen LogP contribution in [0.2, 0.25) is 0 Å². The van der Waals surface area contributed by atoms with Crippen LogP contribution in [-0.4, -0.2) is 16.6 Å². The number of benzene rings is 1. The lowest BCUT2D eigenvalue weighted by Gasteiger charge is -2.09. The standard InChI is InChI=1S/C17H18N4O/c1-2-3-8-17(20-21-17)9-6-16(22)19-12-13-4-5-15-14(11-13)7-10-18-15/h1,4-5,7,10-11,18H,3,6,8-9,12H2,(H,19,22). The van der Waals surface area contributed by atoms with Gasteiger partial charge >= 0.3 is 0 Å². The highest BCUT2D eigenvalue weighted by Gasteiger charge is 2.39. The second-order valence-corrected chi connectivity index (χ2v) is 5.56. The predicted octanol–water partition coefficient (Wildman–Crippen LogP) is 3.14. The van der Waals surface area contributed by atoms with Gasteiger partial charge in [0.05, 0.1) is 0 Å². The van der Waals surface area contributed by atoms with Crippen LogP contribution in [-0.2, 0) is 11.3 Å². The summed E-state index contributed by atoms with van der Waals surface area (Å²) in [5.41, 5.74) is 1.80. The zero-order valence-corrected chi connectivity index (χ0v) is 12.3. The molecule has 2 aromatic rings. The van der Waals surface area contributed by atoms with Gasteiger partial charge in [-0.25, -0.2) is 0 Å². The first-order valence-electron chi connectivity index (χ1n) is 7.41. The molecular weight excluding hydrogens is 276 g/mol. The smallest absolute Gasteiger partial charge is 0.220 e. The van der Waals surface area contributed by atoms with Gasteiger partial charge in [0.2, 0.25) is 5.91 Å². The van der Waals surface area contributed by atoms with Gasteiger partial charge in [-0.2, -0.15) is 10.2 Å². The monoisotopic (exact) mass is 294 g/mol.